The van der Waals surface area contributed by atoms with Crippen LogP contribution in [0.2, 0.25) is 5.02 Å². The van der Waals surface area contributed by atoms with Crippen LogP contribution in [0.1, 0.15) is 43.6 Å². The molecule has 7 nitrogen and oxygen atoms in total. The quantitative estimate of drug-likeness (QED) is 0.641. The zero-order chi connectivity index (χ0) is 20.5. The monoisotopic (exact) mass is 427 g/mol. The van der Waals surface area contributed by atoms with Crippen molar-refractivity contribution in [2.24, 2.45) is 0 Å². The van der Waals surface area contributed by atoms with E-state index in [1.165, 1.54) is 0 Å². The van der Waals surface area contributed by atoms with E-state index in [0.717, 1.165) is 18.4 Å². The van der Waals surface area contributed by atoms with Gasteiger partial charge >= 0.3 is 0 Å². The number of hydrogen-bond donors (Lipinski definition) is 0. The van der Waals surface area contributed by atoms with Gasteiger partial charge in [0.15, 0.2) is 11.5 Å². The summed E-state index contributed by atoms with van der Waals surface area (Å²) in [5.41, 5.74) is 1.98. The van der Waals surface area contributed by atoms with Crippen LogP contribution >= 0.6 is 11.6 Å². The van der Waals surface area contributed by atoms with Gasteiger partial charge in [-0.25, -0.2) is 8.42 Å². The fourth-order valence-corrected chi connectivity index (χ4v) is 5.76. The molecule has 0 saturated heterocycles. The second-order valence-corrected chi connectivity index (χ2v) is 9.16. The van der Waals surface area contributed by atoms with E-state index < -0.39 is 10.0 Å². The Morgan fingerprint density at radius 1 is 1.18 bits per heavy atom. The number of fused-ring (bicyclic) bond motifs is 1. The van der Waals surface area contributed by atoms with E-state index >= 15 is 0 Å². The lowest BCUT2D eigenvalue weighted by molar-refractivity contribution is 0.174. The Kier molecular flexibility index (Phi) is 6.21. The number of sulfonamides is 1. The molecule has 9 heteroatoms. The topological polar surface area (TPSA) is 73.7 Å². The molecular weight excluding hydrogens is 402 g/mol. The zero-order valence-corrected chi connectivity index (χ0v) is 18.2. The molecule has 0 saturated carbocycles. The van der Waals surface area contributed by atoms with Gasteiger partial charge in [0.2, 0.25) is 16.8 Å². The highest BCUT2D eigenvalue weighted by molar-refractivity contribution is 7.89. The molecule has 1 aliphatic heterocycles. The van der Waals surface area contributed by atoms with E-state index in [0.29, 0.717) is 52.4 Å². The highest BCUT2D eigenvalue weighted by atomic mass is 35.5. The first-order valence-electron chi connectivity index (χ1n) is 9.41. The molecule has 0 unspecified atom stereocenters. The lowest BCUT2D eigenvalue weighted by Crippen LogP contribution is -2.33. The Hall–Kier alpha value is -1.77. The molecule has 0 N–H and O–H groups in total. The van der Waals surface area contributed by atoms with Crippen LogP contribution in [0.25, 0.3) is 0 Å². The first-order valence-corrected chi connectivity index (χ1v) is 11.2. The van der Waals surface area contributed by atoms with Crippen LogP contribution in [0, 0.1) is 13.8 Å². The molecule has 0 amide bonds. The van der Waals surface area contributed by atoms with Gasteiger partial charge < -0.3 is 9.47 Å². The van der Waals surface area contributed by atoms with Crippen LogP contribution in [-0.2, 0) is 16.6 Å². The van der Waals surface area contributed by atoms with Gasteiger partial charge in [-0.3, -0.25) is 4.68 Å². The third-order valence-corrected chi connectivity index (χ3v) is 7.11. The van der Waals surface area contributed by atoms with E-state index in [-0.39, 0.29) is 6.79 Å². The van der Waals surface area contributed by atoms with Gasteiger partial charge in [-0.1, -0.05) is 25.4 Å². The highest BCUT2D eigenvalue weighted by Crippen LogP contribution is 2.40. The lowest BCUT2D eigenvalue weighted by Gasteiger charge is -2.21. The smallest absolute Gasteiger partial charge is 0.246 e. The first-order chi connectivity index (χ1) is 13.3. The average Bonchev–Trinajstić information content (AvgIpc) is 3.20. The summed E-state index contributed by atoms with van der Waals surface area (Å²) in [7, 11) is -3.60. The standard InChI is InChI=1S/C19H26ClN3O4S/c1-5-7-22(8-6-2)28(24,25)19-13(3)21-23(14(19)4)11-15-9-16(20)18-17(10-15)26-12-27-18/h9-10H,5-8,11-12H2,1-4H3. The third-order valence-electron chi connectivity index (χ3n) is 4.68. The first kappa shape index (κ1) is 21.0. The minimum atomic E-state index is -3.60. The van der Waals surface area contributed by atoms with E-state index in [2.05, 4.69) is 5.10 Å². The zero-order valence-electron chi connectivity index (χ0n) is 16.7. The molecule has 0 fully saturated rings. The summed E-state index contributed by atoms with van der Waals surface area (Å²) in [6.45, 7) is 9.01. The van der Waals surface area contributed by atoms with Gasteiger partial charge in [-0.15, -0.1) is 0 Å². The SMILES string of the molecule is CCCN(CCC)S(=O)(=O)c1c(C)nn(Cc2cc(Cl)c3c(c2)OCO3)c1C. The highest BCUT2D eigenvalue weighted by Gasteiger charge is 2.30. The predicted octanol–water partition coefficient (Wildman–Crippen LogP) is 3.74. The van der Waals surface area contributed by atoms with E-state index in [1.807, 2.05) is 19.9 Å². The van der Waals surface area contributed by atoms with Gasteiger partial charge in [0, 0.05) is 13.1 Å². The summed E-state index contributed by atoms with van der Waals surface area (Å²) in [5.74, 6) is 1.13. The van der Waals surface area contributed by atoms with Crippen molar-refractivity contribution in [3.63, 3.8) is 0 Å². The number of ether oxygens (including phenoxy) is 2. The van der Waals surface area contributed by atoms with Gasteiger partial charge in [-0.05, 0) is 44.4 Å². The molecule has 1 aliphatic rings. The fraction of sp³-hybridized carbons (Fsp3) is 0.526. The number of rotatable bonds is 8. The maximum Gasteiger partial charge on any atom is 0.246 e. The molecule has 154 valence electrons. The molecule has 0 aliphatic carbocycles. The molecular formula is C19H26ClN3O4S. The minimum Gasteiger partial charge on any atom is -0.454 e. The number of aromatic nitrogens is 2. The molecule has 28 heavy (non-hydrogen) atoms. The second kappa shape index (κ2) is 8.31. The maximum atomic E-state index is 13.2. The Labute approximate surface area is 171 Å². The molecule has 1 aromatic carbocycles. The normalized spacial score (nSPS) is 13.5. The molecule has 3 rings (SSSR count). The van der Waals surface area contributed by atoms with Crippen LogP contribution in [0.5, 0.6) is 11.5 Å². The average molecular weight is 428 g/mol. The van der Waals surface area contributed by atoms with Crippen molar-refractivity contribution in [3.8, 4) is 11.5 Å². The van der Waals surface area contributed by atoms with Gasteiger partial charge in [0.1, 0.15) is 4.90 Å². The molecule has 0 atom stereocenters. The number of nitrogens with zero attached hydrogens (tertiary/aromatic N) is 3. The van der Waals surface area contributed by atoms with Crippen LogP contribution in [-0.4, -0.2) is 42.4 Å². The molecule has 1 aromatic heterocycles. The van der Waals surface area contributed by atoms with Crippen molar-refractivity contribution < 1.29 is 17.9 Å². The Balaban J connectivity index is 1.95. The van der Waals surface area contributed by atoms with E-state index in [9.17, 15) is 8.42 Å². The van der Waals surface area contributed by atoms with Crippen molar-refractivity contribution in [3.05, 3.63) is 34.1 Å². The number of halogens is 1. The molecule has 2 heterocycles. The predicted molar refractivity (Wildman–Crippen MR) is 108 cm³/mol. The molecule has 2 aromatic rings. The summed E-state index contributed by atoms with van der Waals surface area (Å²) < 4.78 is 40.5. The summed E-state index contributed by atoms with van der Waals surface area (Å²) in [4.78, 5) is 0.293. The van der Waals surface area contributed by atoms with Crippen molar-refractivity contribution >= 4 is 21.6 Å². The number of hydrogen-bond acceptors (Lipinski definition) is 5. The van der Waals surface area contributed by atoms with Crippen molar-refractivity contribution in [1.29, 1.82) is 0 Å². The lowest BCUT2D eigenvalue weighted by atomic mass is 10.2. The summed E-state index contributed by atoms with van der Waals surface area (Å²) in [6.07, 6.45) is 1.53. The Morgan fingerprint density at radius 3 is 2.50 bits per heavy atom. The molecule has 0 bridgehead atoms. The van der Waals surface area contributed by atoms with E-state index in [4.69, 9.17) is 21.1 Å². The number of aryl methyl sites for hydroxylation is 1. The second-order valence-electron chi connectivity index (χ2n) is 6.87. The largest absolute Gasteiger partial charge is 0.454 e. The summed E-state index contributed by atoms with van der Waals surface area (Å²) >= 11 is 6.26. The van der Waals surface area contributed by atoms with Crippen LogP contribution in [0.15, 0.2) is 17.0 Å². The Bertz CT molecular complexity index is 966. The third kappa shape index (κ3) is 3.86. The van der Waals surface area contributed by atoms with Crippen molar-refractivity contribution in [2.75, 3.05) is 19.9 Å². The Morgan fingerprint density at radius 2 is 1.86 bits per heavy atom. The van der Waals surface area contributed by atoms with Crippen LogP contribution < -0.4 is 9.47 Å². The van der Waals surface area contributed by atoms with Crippen molar-refractivity contribution in [1.82, 2.24) is 14.1 Å². The van der Waals surface area contributed by atoms with Crippen LogP contribution in [0.3, 0.4) is 0 Å². The number of benzene rings is 1. The fourth-order valence-electron chi connectivity index (χ4n) is 3.47. The van der Waals surface area contributed by atoms with Gasteiger partial charge in [0.05, 0.1) is 23.0 Å². The van der Waals surface area contributed by atoms with E-state index in [1.54, 1.807) is 28.9 Å². The van der Waals surface area contributed by atoms with Gasteiger partial charge in [-0.2, -0.15) is 9.40 Å². The maximum absolute atomic E-state index is 13.2. The minimum absolute atomic E-state index is 0.144. The summed E-state index contributed by atoms with van der Waals surface area (Å²) in [5, 5.41) is 4.96. The van der Waals surface area contributed by atoms with Crippen LogP contribution in [0.4, 0.5) is 0 Å². The molecule has 0 radical (unpaired) electrons. The van der Waals surface area contributed by atoms with Gasteiger partial charge in [0.25, 0.3) is 0 Å². The molecule has 0 spiro atoms. The van der Waals surface area contributed by atoms with Crippen molar-refractivity contribution in [2.45, 2.75) is 52.0 Å². The summed E-state index contributed by atoms with van der Waals surface area (Å²) in [6, 6.07) is 3.64.